The fourth-order valence-corrected chi connectivity index (χ4v) is 1.96. The molecule has 2 N–H and O–H groups in total. The topological polar surface area (TPSA) is 45.7 Å². The highest BCUT2D eigenvalue weighted by molar-refractivity contribution is 5.80. The Kier molecular flexibility index (Phi) is 3.83. The predicted octanol–water partition coefficient (Wildman–Crippen LogP) is 0.883. The van der Waals surface area contributed by atoms with Crippen LogP contribution in [0.15, 0.2) is 4.99 Å². The molecule has 1 unspecified atom stereocenters. The average molecular weight is 211 g/mol. The highest BCUT2D eigenvalue weighted by Crippen LogP contribution is 2.17. The molecule has 4 heteroatoms. The van der Waals surface area contributed by atoms with Gasteiger partial charge in [0, 0.05) is 26.2 Å². The number of nitrogens with zero attached hydrogens (tertiary/aromatic N) is 1. The van der Waals surface area contributed by atoms with E-state index in [0.717, 1.165) is 19.1 Å². The van der Waals surface area contributed by atoms with Crippen LogP contribution in [0.2, 0.25) is 0 Å². The molecular formula is C11H21N3O. The molecule has 0 radical (unpaired) electrons. The van der Waals surface area contributed by atoms with E-state index in [-0.39, 0.29) is 0 Å². The summed E-state index contributed by atoms with van der Waals surface area (Å²) in [5, 5.41) is 6.73. The van der Waals surface area contributed by atoms with Crippen LogP contribution in [-0.2, 0) is 4.74 Å². The van der Waals surface area contributed by atoms with Gasteiger partial charge in [-0.25, -0.2) is 0 Å². The minimum Gasteiger partial charge on any atom is -0.376 e. The van der Waals surface area contributed by atoms with Gasteiger partial charge in [-0.3, -0.25) is 4.99 Å². The first-order valence-corrected chi connectivity index (χ1v) is 5.97. The fourth-order valence-electron chi connectivity index (χ4n) is 1.96. The average Bonchev–Trinajstić information content (AvgIpc) is 2.68. The lowest BCUT2D eigenvalue weighted by atomic mass is 9.93. The van der Waals surface area contributed by atoms with Crippen LogP contribution in [0.1, 0.15) is 32.1 Å². The van der Waals surface area contributed by atoms with Gasteiger partial charge in [-0.2, -0.15) is 0 Å². The van der Waals surface area contributed by atoms with Gasteiger partial charge in [-0.1, -0.05) is 0 Å². The Balaban J connectivity index is 1.65. The molecule has 1 saturated heterocycles. The Hall–Kier alpha value is -0.770. The second kappa shape index (κ2) is 5.35. The molecular weight excluding hydrogens is 190 g/mol. The molecule has 1 atom stereocenters. The summed E-state index contributed by atoms with van der Waals surface area (Å²) in [5.41, 5.74) is 0. The third-order valence-electron chi connectivity index (χ3n) is 3.19. The summed E-state index contributed by atoms with van der Waals surface area (Å²) < 4.78 is 5.55. The molecule has 0 spiro atoms. The SMILES string of the molecule is CN=C(NCC1CCCO1)NC1CCC1. The van der Waals surface area contributed by atoms with Gasteiger partial charge in [0.05, 0.1) is 6.10 Å². The molecule has 4 nitrogen and oxygen atoms in total. The first kappa shape index (κ1) is 10.7. The van der Waals surface area contributed by atoms with Crippen LogP contribution in [0, 0.1) is 0 Å². The molecule has 1 saturated carbocycles. The van der Waals surface area contributed by atoms with E-state index in [4.69, 9.17) is 4.74 Å². The molecule has 0 bridgehead atoms. The number of rotatable bonds is 3. The van der Waals surface area contributed by atoms with Crippen LogP contribution in [0.5, 0.6) is 0 Å². The monoisotopic (exact) mass is 211 g/mol. The molecule has 86 valence electrons. The van der Waals surface area contributed by atoms with Crippen LogP contribution >= 0.6 is 0 Å². The third-order valence-corrected chi connectivity index (χ3v) is 3.19. The maximum absolute atomic E-state index is 5.55. The lowest BCUT2D eigenvalue weighted by Gasteiger charge is -2.28. The third kappa shape index (κ3) is 3.09. The zero-order valence-corrected chi connectivity index (χ0v) is 9.46. The maximum Gasteiger partial charge on any atom is 0.191 e. The van der Waals surface area contributed by atoms with Crippen molar-refractivity contribution < 1.29 is 4.74 Å². The van der Waals surface area contributed by atoms with Gasteiger partial charge in [-0.15, -0.1) is 0 Å². The van der Waals surface area contributed by atoms with E-state index < -0.39 is 0 Å². The highest BCUT2D eigenvalue weighted by atomic mass is 16.5. The number of nitrogens with one attached hydrogen (secondary N) is 2. The molecule has 0 aromatic heterocycles. The Morgan fingerprint density at radius 1 is 1.33 bits per heavy atom. The minimum absolute atomic E-state index is 0.380. The molecule has 0 amide bonds. The molecule has 2 aliphatic rings. The Bertz CT molecular complexity index is 220. The lowest BCUT2D eigenvalue weighted by molar-refractivity contribution is 0.113. The van der Waals surface area contributed by atoms with E-state index in [0.29, 0.717) is 12.1 Å². The summed E-state index contributed by atoms with van der Waals surface area (Å²) in [6, 6.07) is 0.640. The van der Waals surface area contributed by atoms with E-state index >= 15 is 0 Å². The number of guanidine groups is 1. The Morgan fingerprint density at radius 3 is 2.73 bits per heavy atom. The van der Waals surface area contributed by atoms with E-state index in [1.54, 1.807) is 0 Å². The van der Waals surface area contributed by atoms with E-state index in [1.165, 1.54) is 32.1 Å². The molecule has 0 aromatic rings. The fraction of sp³-hybridized carbons (Fsp3) is 0.909. The van der Waals surface area contributed by atoms with Crippen molar-refractivity contribution >= 4 is 5.96 Å². The highest BCUT2D eigenvalue weighted by Gasteiger charge is 2.19. The smallest absolute Gasteiger partial charge is 0.191 e. The first-order chi connectivity index (χ1) is 7.38. The van der Waals surface area contributed by atoms with Gasteiger partial charge >= 0.3 is 0 Å². The zero-order chi connectivity index (χ0) is 10.5. The van der Waals surface area contributed by atoms with Gasteiger partial charge in [0.2, 0.25) is 0 Å². The minimum atomic E-state index is 0.380. The molecule has 2 fully saturated rings. The lowest BCUT2D eigenvalue weighted by Crippen LogP contribution is -2.47. The Morgan fingerprint density at radius 2 is 2.20 bits per heavy atom. The molecule has 1 heterocycles. The van der Waals surface area contributed by atoms with Gasteiger partial charge in [-0.05, 0) is 32.1 Å². The van der Waals surface area contributed by atoms with Crippen LogP contribution in [0.3, 0.4) is 0 Å². The standard InChI is InChI=1S/C11H21N3O/c1-12-11(14-9-4-2-5-9)13-8-10-6-3-7-15-10/h9-10H,2-8H2,1H3,(H2,12,13,14). The summed E-state index contributed by atoms with van der Waals surface area (Å²) in [7, 11) is 1.82. The van der Waals surface area contributed by atoms with Crippen molar-refractivity contribution in [2.45, 2.75) is 44.2 Å². The van der Waals surface area contributed by atoms with Crippen molar-refractivity contribution in [1.29, 1.82) is 0 Å². The van der Waals surface area contributed by atoms with Crippen molar-refractivity contribution in [1.82, 2.24) is 10.6 Å². The number of aliphatic imine (C=N–C) groups is 1. The summed E-state index contributed by atoms with van der Waals surface area (Å²) in [6.07, 6.45) is 6.65. The quantitative estimate of drug-likeness (QED) is 0.538. The molecule has 1 aliphatic heterocycles. The van der Waals surface area contributed by atoms with Crippen molar-refractivity contribution in [3.63, 3.8) is 0 Å². The zero-order valence-electron chi connectivity index (χ0n) is 9.46. The number of hydrogen-bond acceptors (Lipinski definition) is 2. The molecule has 15 heavy (non-hydrogen) atoms. The van der Waals surface area contributed by atoms with Crippen molar-refractivity contribution in [2.75, 3.05) is 20.2 Å². The van der Waals surface area contributed by atoms with E-state index in [1.807, 2.05) is 7.05 Å². The van der Waals surface area contributed by atoms with E-state index in [2.05, 4.69) is 15.6 Å². The van der Waals surface area contributed by atoms with Crippen LogP contribution in [-0.4, -0.2) is 38.3 Å². The second-order valence-electron chi connectivity index (χ2n) is 4.36. The molecule has 2 rings (SSSR count). The summed E-state index contributed by atoms with van der Waals surface area (Å²) in [4.78, 5) is 4.21. The molecule has 1 aliphatic carbocycles. The van der Waals surface area contributed by atoms with Gasteiger partial charge in [0.25, 0.3) is 0 Å². The largest absolute Gasteiger partial charge is 0.376 e. The van der Waals surface area contributed by atoms with Gasteiger partial charge in [0.15, 0.2) is 5.96 Å². The van der Waals surface area contributed by atoms with Gasteiger partial charge < -0.3 is 15.4 Å². The number of hydrogen-bond donors (Lipinski definition) is 2. The summed E-state index contributed by atoms with van der Waals surface area (Å²) >= 11 is 0. The first-order valence-electron chi connectivity index (χ1n) is 5.97. The maximum atomic E-state index is 5.55. The van der Waals surface area contributed by atoms with Crippen molar-refractivity contribution in [3.8, 4) is 0 Å². The summed E-state index contributed by atoms with van der Waals surface area (Å²) in [6.45, 7) is 1.80. The second-order valence-corrected chi connectivity index (χ2v) is 4.36. The van der Waals surface area contributed by atoms with Gasteiger partial charge in [0.1, 0.15) is 0 Å². The predicted molar refractivity (Wildman–Crippen MR) is 61.1 cm³/mol. The molecule has 0 aromatic carbocycles. The van der Waals surface area contributed by atoms with E-state index in [9.17, 15) is 0 Å². The Labute approximate surface area is 91.5 Å². The normalized spacial score (nSPS) is 27.5. The summed E-state index contributed by atoms with van der Waals surface area (Å²) in [5.74, 6) is 0.926. The van der Waals surface area contributed by atoms with Crippen LogP contribution in [0.25, 0.3) is 0 Å². The van der Waals surface area contributed by atoms with Crippen LogP contribution in [0.4, 0.5) is 0 Å². The number of ether oxygens (including phenoxy) is 1. The van der Waals surface area contributed by atoms with Crippen molar-refractivity contribution in [2.24, 2.45) is 4.99 Å². The van der Waals surface area contributed by atoms with Crippen LogP contribution < -0.4 is 10.6 Å². The van der Waals surface area contributed by atoms with Crippen molar-refractivity contribution in [3.05, 3.63) is 0 Å².